The number of carbonyl (C=O) groups excluding carboxylic acids is 1. The molecule has 0 spiro atoms. The Morgan fingerprint density at radius 2 is 2.38 bits per heavy atom. The number of ether oxygens (including phenoxy) is 1. The van der Waals surface area contributed by atoms with Crippen molar-refractivity contribution in [3.05, 3.63) is 12.4 Å². The molecule has 1 fully saturated rings. The molecule has 2 atom stereocenters. The number of methoxy groups -OCH3 is 1. The normalized spacial score (nSPS) is 24.7. The van der Waals surface area contributed by atoms with Crippen molar-refractivity contribution in [2.24, 2.45) is 5.73 Å². The predicted molar refractivity (Wildman–Crippen MR) is 59.0 cm³/mol. The second-order valence-corrected chi connectivity index (χ2v) is 3.93. The molecule has 1 aromatic heterocycles. The summed E-state index contributed by atoms with van der Waals surface area (Å²) in [4.78, 5) is 13.2. The highest BCUT2D eigenvalue weighted by Gasteiger charge is 2.43. The van der Waals surface area contributed by atoms with Crippen molar-refractivity contribution in [3.63, 3.8) is 0 Å². The van der Waals surface area contributed by atoms with Crippen molar-refractivity contribution < 1.29 is 9.53 Å². The van der Waals surface area contributed by atoms with Gasteiger partial charge in [-0.2, -0.15) is 5.10 Å². The van der Waals surface area contributed by atoms with E-state index in [4.69, 9.17) is 10.5 Å². The molecule has 0 aromatic carbocycles. The molecule has 1 aromatic rings. The highest BCUT2D eigenvalue weighted by atomic mass is 16.5. The van der Waals surface area contributed by atoms with Gasteiger partial charge in [-0.25, -0.2) is 0 Å². The number of nitrogens with zero attached hydrogens (tertiary/aromatic N) is 3. The van der Waals surface area contributed by atoms with Gasteiger partial charge in [0.25, 0.3) is 0 Å². The number of amides is 1. The summed E-state index contributed by atoms with van der Waals surface area (Å²) in [6.07, 6.45) is 3.51. The summed E-state index contributed by atoms with van der Waals surface area (Å²) >= 11 is 0. The zero-order chi connectivity index (χ0) is 11.7. The van der Waals surface area contributed by atoms with Crippen LogP contribution in [0.5, 0.6) is 0 Å². The molecule has 16 heavy (non-hydrogen) atoms. The number of nitrogens with two attached hydrogens (primary N) is 1. The van der Waals surface area contributed by atoms with Gasteiger partial charge in [0.15, 0.2) is 0 Å². The van der Waals surface area contributed by atoms with Gasteiger partial charge in [-0.05, 0) is 6.92 Å². The van der Waals surface area contributed by atoms with Crippen LogP contribution >= 0.6 is 0 Å². The van der Waals surface area contributed by atoms with Crippen LogP contribution < -0.4 is 10.6 Å². The fourth-order valence-electron chi connectivity index (χ4n) is 1.79. The Labute approximate surface area is 94.0 Å². The fourth-order valence-corrected chi connectivity index (χ4v) is 1.79. The lowest BCUT2D eigenvalue weighted by molar-refractivity contribution is -0.125. The highest BCUT2D eigenvalue weighted by molar-refractivity contribution is 6.05. The number of anilines is 1. The molecule has 0 bridgehead atoms. The molecule has 0 radical (unpaired) electrons. The number of β-lactam (4-membered cyclic amide) rings is 1. The van der Waals surface area contributed by atoms with Crippen LogP contribution in [0.25, 0.3) is 0 Å². The molecule has 2 rings (SSSR count). The van der Waals surface area contributed by atoms with Crippen LogP contribution in [0.3, 0.4) is 0 Å². The number of rotatable bonds is 4. The summed E-state index contributed by atoms with van der Waals surface area (Å²) in [7, 11) is 1.64. The molecule has 88 valence electrons. The Bertz CT molecular complexity index is 390. The van der Waals surface area contributed by atoms with E-state index in [-0.39, 0.29) is 18.0 Å². The lowest BCUT2D eigenvalue weighted by Gasteiger charge is -2.42. The lowest BCUT2D eigenvalue weighted by Crippen LogP contribution is -2.67. The minimum atomic E-state index is -0.373. The van der Waals surface area contributed by atoms with Crippen LogP contribution in [0, 0.1) is 0 Å². The maximum Gasteiger partial charge on any atom is 0.246 e. The van der Waals surface area contributed by atoms with Crippen LogP contribution in [0.2, 0.25) is 0 Å². The fraction of sp³-hybridized carbons (Fsp3) is 0.600. The Morgan fingerprint density at radius 3 is 3.00 bits per heavy atom. The predicted octanol–water partition coefficient (Wildman–Crippen LogP) is -0.408. The van der Waals surface area contributed by atoms with E-state index < -0.39 is 0 Å². The number of carbonyl (C=O) groups is 1. The number of aromatic nitrogens is 2. The van der Waals surface area contributed by atoms with Crippen LogP contribution in [0.4, 0.5) is 5.69 Å². The van der Waals surface area contributed by atoms with E-state index in [1.807, 2.05) is 13.1 Å². The van der Waals surface area contributed by atoms with E-state index >= 15 is 0 Å². The van der Waals surface area contributed by atoms with Gasteiger partial charge in [-0.15, -0.1) is 0 Å². The molecule has 0 aliphatic carbocycles. The van der Waals surface area contributed by atoms with Crippen molar-refractivity contribution in [1.82, 2.24) is 9.78 Å². The summed E-state index contributed by atoms with van der Waals surface area (Å²) in [5.41, 5.74) is 6.44. The quantitative estimate of drug-likeness (QED) is 0.706. The first-order chi connectivity index (χ1) is 7.65. The summed E-state index contributed by atoms with van der Waals surface area (Å²) in [5.74, 6) is -0.0428. The van der Waals surface area contributed by atoms with Crippen molar-refractivity contribution in [2.75, 3.05) is 18.6 Å². The Morgan fingerprint density at radius 1 is 1.62 bits per heavy atom. The first kappa shape index (κ1) is 11.1. The summed E-state index contributed by atoms with van der Waals surface area (Å²) in [6.45, 7) is 3.21. The molecule has 1 saturated heterocycles. The van der Waals surface area contributed by atoms with Gasteiger partial charge in [-0.1, -0.05) is 0 Å². The Balaban J connectivity index is 2.05. The molecular weight excluding hydrogens is 208 g/mol. The minimum Gasteiger partial charge on any atom is -0.383 e. The summed E-state index contributed by atoms with van der Waals surface area (Å²) in [5, 5.41) is 4.15. The van der Waals surface area contributed by atoms with E-state index in [0.717, 1.165) is 5.69 Å². The monoisotopic (exact) mass is 224 g/mol. The number of hydrogen-bond acceptors (Lipinski definition) is 4. The third-order valence-corrected chi connectivity index (χ3v) is 2.87. The molecule has 6 nitrogen and oxygen atoms in total. The van der Waals surface area contributed by atoms with Gasteiger partial charge < -0.3 is 15.4 Å². The number of hydrogen-bond donors (Lipinski definition) is 1. The van der Waals surface area contributed by atoms with E-state index in [1.165, 1.54) is 0 Å². The molecular formula is C10H16N4O2. The van der Waals surface area contributed by atoms with Crippen molar-refractivity contribution in [1.29, 1.82) is 0 Å². The molecule has 6 heteroatoms. The van der Waals surface area contributed by atoms with Crippen LogP contribution in [0.15, 0.2) is 12.4 Å². The van der Waals surface area contributed by atoms with Crippen molar-refractivity contribution in [2.45, 2.75) is 25.6 Å². The third-order valence-electron chi connectivity index (χ3n) is 2.87. The van der Waals surface area contributed by atoms with Gasteiger partial charge in [0.1, 0.15) is 6.04 Å². The summed E-state index contributed by atoms with van der Waals surface area (Å²) < 4.78 is 6.71. The Hall–Kier alpha value is -1.40. The van der Waals surface area contributed by atoms with E-state index in [9.17, 15) is 4.79 Å². The average Bonchev–Trinajstić information content (AvgIpc) is 2.74. The van der Waals surface area contributed by atoms with Crippen LogP contribution in [0.1, 0.15) is 6.92 Å². The smallest absolute Gasteiger partial charge is 0.246 e. The molecule has 0 unspecified atom stereocenters. The van der Waals surface area contributed by atoms with E-state index in [0.29, 0.717) is 13.2 Å². The molecule has 2 heterocycles. The average molecular weight is 224 g/mol. The zero-order valence-corrected chi connectivity index (χ0v) is 9.46. The molecule has 1 aliphatic rings. The maximum atomic E-state index is 11.5. The van der Waals surface area contributed by atoms with Gasteiger partial charge in [0, 0.05) is 13.3 Å². The van der Waals surface area contributed by atoms with Gasteiger partial charge in [-0.3, -0.25) is 9.48 Å². The SMILES string of the molecule is COCCn1cc(N2C(=O)[C@H](N)[C@@H]2C)cn1. The second kappa shape index (κ2) is 4.23. The molecule has 2 N–H and O–H groups in total. The van der Waals surface area contributed by atoms with Gasteiger partial charge in [0.2, 0.25) is 5.91 Å². The van der Waals surface area contributed by atoms with Gasteiger partial charge >= 0.3 is 0 Å². The molecule has 1 aliphatic heterocycles. The first-order valence-corrected chi connectivity index (χ1v) is 5.25. The van der Waals surface area contributed by atoms with Gasteiger partial charge in [0.05, 0.1) is 31.1 Å². The summed E-state index contributed by atoms with van der Waals surface area (Å²) in [6, 6.07) is -0.324. The van der Waals surface area contributed by atoms with E-state index in [1.54, 1.807) is 22.9 Å². The molecule has 0 saturated carbocycles. The first-order valence-electron chi connectivity index (χ1n) is 5.25. The largest absolute Gasteiger partial charge is 0.383 e. The van der Waals surface area contributed by atoms with Crippen LogP contribution in [-0.4, -0.2) is 41.5 Å². The van der Waals surface area contributed by atoms with Crippen LogP contribution in [-0.2, 0) is 16.1 Å². The standard InChI is InChI=1S/C10H16N4O2/c1-7-9(11)10(15)14(7)8-5-12-13(6-8)3-4-16-2/h5-7,9H,3-4,11H2,1-2H3/t7-,9+/m0/s1. The maximum absolute atomic E-state index is 11.5. The lowest BCUT2D eigenvalue weighted by atomic mass is 9.97. The van der Waals surface area contributed by atoms with Crippen molar-refractivity contribution in [3.8, 4) is 0 Å². The second-order valence-electron chi connectivity index (χ2n) is 3.93. The third kappa shape index (κ3) is 1.70. The van der Waals surface area contributed by atoms with Crippen molar-refractivity contribution >= 4 is 11.6 Å². The minimum absolute atomic E-state index is 0.0428. The topological polar surface area (TPSA) is 73.4 Å². The Kier molecular flexibility index (Phi) is 2.93. The van der Waals surface area contributed by atoms with E-state index in [2.05, 4.69) is 5.10 Å². The zero-order valence-electron chi connectivity index (χ0n) is 9.46. The highest BCUT2D eigenvalue weighted by Crippen LogP contribution is 2.26. The molecule has 1 amide bonds.